The number of nitrogens with zero attached hydrogens (tertiary/aromatic N) is 4. The predicted octanol–water partition coefficient (Wildman–Crippen LogP) is 4.39. The average Bonchev–Trinajstić information content (AvgIpc) is 2.71. The number of aromatic nitrogens is 3. The van der Waals surface area contributed by atoms with Gasteiger partial charge in [0.1, 0.15) is 17.6 Å². The Morgan fingerprint density at radius 2 is 1.89 bits per heavy atom. The third kappa shape index (κ3) is 3.80. The van der Waals surface area contributed by atoms with Crippen molar-refractivity contribution in [2.24, 2.45) is 0 Å². The van der Waals surface area contributed by atoms with Crippen LogP contribution < -0.4 is 4.90 Å². The highest BCUT2D eigenvalue weighted by Crippen LogP contribution is 2.29. The summed E-state index contributed by atoms with van der Waals surface area (Å²) < 4.78 is 6.00. The van der Waals surface area contributed by atoms with E-state index in [4.69, 9.17) is 21.3 Å². The molecule has 138 valence electrons. The molecule has 0 saturated carbocycles. The van der Waals surface area contributed by atoms with Crippen LogP contribution in [0.3, 0.4) is 0 Å². The molecule has 0 N–H and O–H groups in total. The van der Waals surface area contributed by atoms with E-state index in [-0.39, 0.29) is 6.10 Å². The van der Waals surface area contributed by atoms with Crippen LogP contribution in [0.25, 0.3) is 11.5 Å². The maximum absolute atomic E-state index is 6.01. The van der Waals surface area contributed by atoms with Crippen LogP contribution in [0.5, 0.6) is 0 Å². The first-order valence-corrected chi connectivity index (χ1v) is 9.38. The van der Waals surface area contributed by atoms with Gasteiger partial charge in [0.15, 0.2) is 5.82 Å². The number of rotatable bonds is 3. The molecule has 4 rings (SSSR count). The molecule has 0 bridgehead atoms. The van der Waals surface area contributed by atoms with E-state index in [2.05, 4.69) is 21.8 Å². The van der Waals surface area contributed by atoms with Gasteiger partial charge >= 0.3 is 0 Å². The predicted molar refractivity (Wildman–Crippen MR) is 107 cm³/mol. The first-order chi connectivity index (χ1) is 13.1. The van der Waals surface area contributed by atoms with Crippen LogP contribution in [0.15, 0.2) is 48.7 Å². The van der Waals surface area contributed by atoms with Gasteiger partial charge in [-0.05, 0) is 43.7 Å². The molecule has 1 fully saturated rings. The van der Waals surface area contributed by atoms with E-state index < -0.39 is 0 Å². The lowest BCUT2D eigenvalue weighted by Crippen LogP contribution is -2.39. The summed E-state index contributed by atoms with van der Waals surface area (Å²) in [5.74, 6) is 1.61. The maximum Gasteiger partial charge on any atom is 0.180 e. The molecule has 0 amide bonds. The number of pyridine rings is 1. The molecule has 1 saturated heterocycles. The van der Waals surface area contributed by atoms with Gasteiger partial charge < -0.3 is 9.64 Å². The number of ether oxygens (including phenoxy) is 1. The second-order valence-electron chi connectivity index (χ2n) is 6.65. The van der Waals surface area contributed by atoms with Crippen LogP contribution in [0.1, 0.15) is 22.9 Å². The van der Waals surface area contributed by atoms with Crippen molar-refractivity contribution in [3.8, 4) is 11.5 Å². The van der Waals surface area contributed by atoms with Gasteiger partial charge in [-0.25, -0.2) is 9.97 Å². The Morgan fingerprint density at radius 1 is 1.07 bits per heavy atom. The van der Waals surface area contributed by atoms with Crippen LogP contribution in [0.2, 0.25) is 5.02 Å². The summed E-state index contributed by atoms with van der Waals surface area (Å²) in [6.45, 7) is 6.27. The van der Waals surface area contributed by atoms with Crippen molar-refractivity contribution in [1.29, 1.82) is 0 Å². The molecule has 1 unspecified atom stereocenters. The van der Waals surface area contributed by atoms with E-state index >= 15 is 0 Å². The molecular weight excluding hydrogens is 360 g/mol. The van der Waals surface area contributed by atoms with Crippen molar-refractivity contribution >= 4 is 17.4 Å². The fourth-order valence-corrected chi connectivity index (χ4v) is 3.38. The number of hydrogen-bond acceptors (Lipinski definition) is 5. The van der Waals surface area contributed by atoms with Gasteiger partial charge in [-0.15, -0.1) is 0 Å². The van der Waals surface area contributed by atoms with Gasteiger partial charge in [-0.3, -0.25) is 4.98 Å². The minimum atomic E-state index is -0.0102. The Hall–Kier alpha value is -2.50. The molecule has 0 radical (unpaired) electrons. The molecule has 2 aromatic heterocycles. The number of aryl methyl sites for hydroxylation is 1. The van der Waals surface area contributed by atoms with Crippen LogP contribution >= 0.6 is 11.6 Å². The zero-order valence-corrected chi connectivity index (χ0v) is 16.1. The highest BCUT2D eigenvalue weighted by atomic mass is 35.5. The van der Waals surface area contributed by atoms with Crippen LogP contribution in [0.4, 0.5) is 5.82 Å². The van der Waals surface area contributed by atoms with Gasteiger partial charge in [0, 0.05) is 35.6 Å². The van der Waals surface area contributed by atoms with E-state index in [1.807, 2.05) is 49.4 Å². The molecule has 1 atom stereocenters. The van der Waals surface area contributed by atoms with Crippen LogP contribution in [-0.4, -0.2) is 34.6 Å². The summed E-state index contributed by atoms with van der Waals surface area (Å²) in [7, 11) is 0. The van der Waals surface area contributed by atoms with E-state index in [1.165, 1.54) is 0 Å². The minimum Gasteiger partial charge on any atom is -0.370 e. The summed E-state index contributed by atoms with van der Waals surface area (Å²) in [5, 5.41) is 0.730. The fraction of sp³-hybridized carbons (Fsp3) is 0.286. The molecule has 27 heavy (non-hydrogen) atoms. The molecular formula is C21H21ClN4O. The van der Waals surface area contributed by atoms with Gasteiger partial charge in [-0.2, -0.15) is 0 Å². The third-order valence-corrected chi connectivity index (χ3v) is 5.12. The van der Waals surface area contributed by atoms with Crippen LogP contribution in [0, 0.1) is 13.8 Å². The standard InChI is InChI=1S/C21H21ClN4O/c1-14-15(2)24-20(18-5-3-4-10-23-18)25-21(14)26-11-12-27-19(13-26)16-6-8-17(22)9-7-16/h3-10,19H,11-13H2,1-2H3. The van der Waals surface area contributed by atoms with Gasteiger partial charge in [0.05, 0.1) is 6.61 Å². The summed E-state index contributed by atoms with van der Waals surface area (Å²) in [6.07, 6.45) is 1.75. The van der Waals surface area contributed by atoms with Crippen molar-refractivity contribution in [3.63, 3.8) is 0 Å². The van der Waals surface area contributed by atoms with E-state index in [1.54, 1.807) is 6.20 Å². The molecule has 0 aliphatic carbocycles. The molecule has 3 heterocycles. The summed E-state index contributed by atoms with van der Waals surface area (Å²) in [5.41, 5.74) is 3.96. The lowest BCUT2D eigenvalue weighted by molar-refractivity contribution is 0.0395. The molecule has 3 aromatic rings. The van der Waals surface area contributed by atoms with Crippen molar-refractivity contribution in [2.75, 3.05) is 24.6 Å². The Morgan fingerprint density at radius 3 is 2.63 bits per heavy atom. The maximum atomic E-state index is 6.01. The van der Waals surface area contributed by atoms with Crippen molar-refractivity contribution in [2.45, 2.75) is 20.0 Å². The van der Waals surface area contributed by atoms with E-state index in [0.717, 1.165) is 46.4 Å². The lowest BCUT2D eigenvalue weighted by atomic mass is 10.1. The minimum absolute atomic E-state index is 0.0102. The first-order valence-electron chi connectivity index (χ1n) is 9.00. The monoisotopic (exact) mass is 380 g/mol. The third-order valence-electron chi connectivity index (χ3n) is 4.87. The fourth-order valence-electron chi connectivity index (χ4n) is 3.25. The lowest BCUT2D eigenvalue weighted by Gasteiger charge is -2.35. The number of benzene rings is 1. The summed E-state index contributed by atoms with van der Waals surface area (Å²) in [6, 6.07) is 13.6. The van der Waals surface area contributed by atoms with Crippen molar-refractivity contribution < 1.29 is 4.74 Å². The van der Waals surface area contributed by atoms with Crippen molar-refractivity contribution in [1.82, 2.24) is 15.0 Å². The van der Waals surface area contributed by atoms with Gasteiger partial charge in [0.25, 0.3) is 0 Å². The first kappa shape index (κ1) is 17.9. The molecule has 1 aromatic carbocycles. The zero-order chi connectivity index (χ0) is 18.8. The number of morpholine rings is 1. The quantitative estimate of drug-likeness (QED) is 0.674. The smallest absolute Gasteiger partial charge is 0.180 e. The second-order valence-corrected chi connectivity index (χ2v) is 7.09. The number of halogens is 1. The highest BCUT2D eigenvalue weighted by molar-refractivity contribution is 6.30. The molecule has 0 spiro atoms. The normalized spacial score (nSPS) is 17.1. The van der Waals surface area contributed by atoms with E-state index in [0.29, 0.717) is 12.4 Å². The van der Waals surface area contributed by atoms with Crippen molar-refractivity contribution in [3.05, 3.63) is 70.5 Å². The Labute approximate surface area is 164 Å². The highest BCUT2D eigenvalue weighted by Gasteiger charge is 2.25. The zero-order valence-electron chi connectivity index (χ0n) is 15.4. The van der Waals surface area contributed by atoms with E-state index in [9.17, 15) is 0 Å². The van der Waals surface area contributed by atoms with Gasteiger partial charge in [0.2, 0.25) is 0 Å². The average molecular weight is 381 g/mol. The summed E-state index contributed by atoms with van der Waals surface area (Å²) in [4.78, 5) is 16.2. The van der Waals surface area contributed by atoms with Gasteiger partial charge in [-0.1, -0.05) is 29.8 Å². The second kappa shape index (κ2) is 7.62. The Bertz CT molecular complexity index is 931. The SMILES string of the molecule is Cc1nc(-c2ccccn2)nc(N2CCOC(c3ccc(Cl)cc3)C2)c1C. The molecule has 5 nitrogen and oxygen atoms in total. The largest absolute Gasteiger partial charge is 0.370 e. The number of anilines is 1. The molecule has 1 aliphatic rings. The Kier molecular flexibility index (Phi) is 5.05. The number of hydrogen-bond donors (Lipinski definition) is 0. The Balaban J connectivity index is 1.66. The van der Waals surface area contributed by atoms with Crippen LogP contribution in [-0.2, 0) is 4.74 Å². The molecule has 6 heteroatoms. The molecule has 1 aliphatic heterocycles. The topological polar surface area (TPSA) is 51.1 Å². The summed E-state index contributed by atoms with van der Waals surface area (Å²) >= 11 is 6.01.